The van der Waals surface area contributed by atoms with Crippen LogP contribution in [0.5, 0.6) is 0 Å². The van der Waals surface area contributed by atoms with Gasteiger partial charge in [-0.3, -0.25) is 0 Å². The molecule has 0 heterocycles. The van der Waals surface area contributed by atoms with Gasteiger partial charge in [0.15, 0.2) is 0 Å². The van der Waals surface area contributed by atoms with Crippen molar-refractivity contribution in [2.45, 2.75) is 57.5 Å². The highest BCUT2D eigenvalue weighted by atomic mass is 19.1. The summed E-state index contributed by atoms with van der Waals surface area (Å²) in [6.07, 6.45) is 7.42. The molecule has 78 valence electrons. The lowest BCUT2D eigenvalue weighted by Gasteiger charge is -2.23. The molecule has 1 rings (SSSR count). The third-order valence-corrected chi connectivity index (χ3v) is 3.09. The van der Waals surface area contributed by atoms with Crippen LogP contribution < -0.4 is 5.73 Å². The van der Waals surface area contributed by atoms with Crippen molar-refractivity contribution in [2.24, 2.45) is 11.7 Å². The van der Waals surface area contributed by atoms with Crippen LogP contribution in [-0.2, 0) is 0 Å². The van der Waals surface area contributed by atoms with Crippen LogP contribution in [-0.4, -0.2) is 12.2 Å². The van der Waals surface area contributed by atoms with E-state index < -0.39 is 5.67 Å². The summed E-state index contributed by atoms with van der Waals surface area (Å²) in [6.45, 7) is 2.40. The highest BCUT2D eigenvalue weighted by Gasteiger charge is 2.43. The van der Waals surface area contributed by atoms with Crippen molar-refractivity contribution < 1.29 is 4.39 Å². The second-order valence-corrected chi connectivity index (χ2v) is 4.32. The van der Waals surface area contributed by atoms with Crippen LogP contribution in [0.3, 0.4) is 0 Å². The number of halogens is 1. The molecule has 1 atom stereocenters. The molecule has 0 spiro atoms. The average molecular weight is 187 g/mol. The lowest BCUT2D eigenvalue weighted by Crippen LogP contribution is -2.35. The molecule has 2 N–H and O–H groups in total. The zero-order valence-corrected chi connectivity index (χ0v) is 8.69. The van der Waals surface area contributed by atoms with E-state index in [0.29, 0.717) is 12.3 Å². The lowest BCUT2D eigenvalue weighted by atomic mass is 9.93. The Labute approximate surface area is 80.9 Å². The third kappa shape index (κ3) is 3.26. The van der Waals surface area contributed by atoms with Gasteiger partial charge in [-0.15, -0.1) is 0 Å². The maximum Gasteiger partial charge on any atom is 0.126 e. The van der Waals surface area contributed by atoms with E-state index in [1.807, 2.05) is 0 Å². The van der Waals surface area contributed by atoms with Gasteiger partial charge in [-0.25, -0.2) is 4.39 Å². The van der Waals surface area contributed by atoms with Crippen LogP contribution >= 0.6 is 0 Å². The fourth-order valence-corrected chi connectivity index (χ4v) is 1.92. The van der Waals surface area contributed by atoms with E-state index in [1.54, 1.807) is 0 Å². The Morgan fingerprint density at radius 2 is 2.00 bits per heavy atom. The number of hydrogen-bond donors (Lipinski definition) is 1. The first-order valence-electron chi connectivity index (χ1n) is 5.62. The van der Waals surface area contributed by atoms with Gasteiger partial charge in [0.25, 0.3) is 0 Å². The van der Waals surface area contributed by atoms with Crippen LogP contribution in [0.4, 0.5) is 4.39 Å². The van der Waals surface area contributed by atoms with E-state index in [9.17, 15) is 4.39 Å². The van der Waals surface area contributed by atoms with Gasteiger partial charge in [-0.05, 0) is 25.2 Å². The second kappa shape index (κ2) is 4.94. The number of unbranched alkanes of at least 4 members (excludes halogenated alkanes) is 3. The van der Waals surface area contributed by atoms with Crippen LogP contribution in [0.1, 0.15) is 51.9 Å². The first-order chi connectivity index (χ1) is 6.23. The van der Waals surface area contributed by atoms with Gasteiger partial charge in [0, 0.05) is 6.54 Å². The van der Waals surface area contributed by atoms with Gasteiger partial charge in [0.2, 0.25) is 0 Å². The molecule has 1 unspecified atom stereocenters. The molecule has 0 radical (unpaired) electrons. The lowest BCUT2D eigenvalue weighted by molar-refractivity contribution is 0.125. The second-order valence-electron chi connectivity index (χ2n) is 4.32. The predicted molar refractivity (Wildman–Crippen MR) is 54.4 cm³/mol. The van der Waals surface area contributed by atoms with Gasteiger partial charge in [-0.2, -0.15) is 0 Å². The largest absolute Gasteiger partial charge is 0.328 e. The maximum absolute atomic E-state index is 14.0. The molecule has 13 heavy (non-hydrogen) atoms. The van der Waals surface area contributed by atoms with Crippen LogP contribution in [0.15, 0.2) is 0 Å². The van der Waals surface area contributed by atoms with E-state index in [-0.39, 0.29) is 6.54 Å². The molecule has 1 aliphatic carbocycles. The molecule has 0 aromatic rings. The van der Waals surface area contributed by atoms with Gasteiger partial charge >= 0.3 is 0 Å². The van der Waals surface area contributed by atoms with E-state index in [1.165, 1.54) is 12.8 Å². The molecule has 0 amide bonds. The van der Waals surface area contributed by atoms with Crippen molar-refractivity contribution in [1.82, 2.24) is 0 Å². The van der Waals surface area contributed by atoms with Crippen molar-refractivity contribution in [1.29, 1.82) is 0 Å². The standard InChI is InChI=1S/C11H22FN/c1-2-3-4-5-8-11(12,9-13)10-6-7-10/h10H,2-9,13H2,1H3. The normalized spacial score (nSPS) is 21.5. The summed E-state index contributed by atoms with van der Waals surface area (Å²) in [5.74, 6) is 0.291. The Kier molecular flexibility index (Phi) is 4.17. The minimum absolute atomic E-state index is 0.226. The van der Waals surface area contributed by atoms with Crippen molar-refractivity contribution >= 4 is 0 Å². The average Bonchev–Trinajstić information content (AvgIpc) is 2.95. The Hall–Kier alpha value is -0.110. The van der Waals surface area contributed by atoms with Crippen molar-refractivity contribution in [3.8, 4) is 0 Å². The van der Waals surface area contributed by atoms with Crippen LogP contribution in [0, 0.1) is 5.92 Å². The summed E-state index contributed by atoms with van der Waals surface area (Å²) in [4.78, 5) is 0. The quantitative estimate of drug-likeness (QED) is 0.609. The van der Waals surface area contributed by atoms with E-state index in [0.717, 1.165) is 25.7 Å². The smallest absolute Gasteiger partial charge is 0.126 e. The molecule has 0 aromatic carbocycles. The number of nitrogens with two attached hydrogens (primary N) is 1. The van der Waals surface area contributed by atoms with Gasteiger partial charge in [0.1, 0.15) is 5.67 Å². The van der Waals surface area contributed by atoms with Gasteiger partial charge in [0.05, 0.1) is 0 Å². The number of rotatable bonds is 7. The fraction of sp³-hybridized carbons (Fsp3) is 1.00. The summed E-state index contributed by atoms with van der Waals surface area (Å²) >= 11 is 0. The van der Waals surface area contributed by atoms with Crippen LogP contribution in [0.25, 0.3) is 0 Å². The highest BCUT2D eigenvalue weighted by molar-refractivity contribution is 4.95. The summed E-state index contributed by atoms with van der Waals surface area (Å²) in [6, 6.07) is 0. The molecule has 0 bridgehead atoms. The molecule has 1 aliphatic rings. The molecule has 0 aromatic heterocycles. The number of hydrogen-bond acceptors (Lipinski definition) is 1. The monoisotopic (exact) mass is 187 g/mol. The van der Waals surface area contributed by atoms with Crippen molar-refractivity contribution in [3.05, 3.63) is 0 Å². The molecule has 0 saturated heterocycles. The topological polar surface area (TPSA) is 26.0 Å². The Bertz CT molecular complexity index is 145. The molecule has 1 fully saturated rings. The summed E-state index contributed by atoms with van der Waals surface area (Å²) in [5.41, 5.74) is 4.47. The summed E-state index contributed by atoms with van der Waals surface area (Å²) < 4.78 is 14.0. The van der Waals surface area contributed by atoms with Crippen LogP contribution in [0.2, 0.25) is 0 Å². The zero-order chi connectivity index (χ0) is 9.73. The molecule has 1 nitrogen and oxygen atoms in total. The number of alkyl halides is 1. The van der Waals surface area contributed by atoms with Gasteiger partial charge < -0.3 is 5.73 Å². The predicted octanol–water partition coefficient (Wildman–Crippen LogP) is 3.03. The minimum Gasteiger partial charge on any atom is -0.328 e. The Morgan fingerprint density at radius 3 is 2.46 bits per heavy atom. The molecular weight excluding hydrogens is 165 g/mol. The van der Waals surface area contributed by atoms with E-state index in [2.05, 4.69) is 6.92 Å². The first-order valence-corrected chi connectivity index (χ1v) is 5.62. The molecule has 2 heteroatoms. The van der Waals surface area contributed by atoms with Gasteiger partial charge in [-0.1, -0.05) is 32.6 Å². The van der Waals surface area contributed by atoms with Crippen molar-refractivity contribution in [3.63, 3.8) is 0 Å². The fourth-order valence-electron chi connectivity index (χ4n) is 1.92. The first kappa shape index (κ1) is 11.0. The molecule has 1 saturated carbocycles. The third-order valence-electron chi connectivity index (χ3n) is 3.09. The Morgan fingerprint density at radius 1 is 1.31 bits per heavy atom. The SMILES string of the molecule is CCCCCCC(F)(CN)C1CC1. The molecule has 0 aliphatic heterocycles. The Balaban J connectivity index is 2.15. The van der Waals surface area contributed by atoms with E-state index >= 15 is 0 Å². The summed E-state index contributed by atoms with van der Waals surface area (Å²) in [7, 11) is 0. The molecular formula is C11H22FN. The highest BCUT2D eigenvalue weighted by Crippen LogP contribution is 2.44. The van der Waals surface area contributed by atoms with E-state index in [4.69, 9.17) is 5.73 Å². The summed E-state index contributed by atoms with van der Waals surface area (Å²) in [5, 5.41) is 0. The van der Waals surface area contributed by atoms with Crippen molar-refractivity contribution in [2.75, 3.05) is 6.54 Å². The zero-order valence-electron chi connectivity index (χ0n) is 8.69. The maximum atomic E-state index is 14.0. The minimum atomic E-state index is -1.02.